The Morgan fingerprint density at radius 2 is 2.00 bits per heavy atom. The van der Waals surface area contributed by atoms with Gasteiger partial charge in [0.25, 0.3) is 0 Å². The molecule has 0 amide bonds. The van der Waals surface area contributed by atoms with E-state index in [0.29, 0.717) is 23.1 Å². The molecule has 0 radical (unpaired) electrons. The van der Waals surface area contributed by atoms with Crippen LogP contribution in [0.25, 0.3) is 22.0 Å². The first-order valence-corrected chi connectivity index (χ1v) is 8.37. The van der Waals surface area contributed by atoms with E-state index in [-0.39, 0.29) is 5.90 Å². The van der Waals surface area contributed by atoms with Gasteiger partial charge >= 0.3 is 0 Å². The summed E-state index contributed by atoms with van der Waals surface area (Å²) >= 11 is 12.4. The molecular formula is C18H17Cl2N3O. The predicted octanol–water partition coefficient (Wildman–Crippen LogP) is 5.10. The summed E-state index contributed by atoms with van der Waals surface area (Å²) in [6.07, 6.45) is 0.401. The van der Waals surface area contributed by atoms with Crippen LogP contribution < -0.4 is 0 Å². The fourth-order valence-electron chi connectivity index (χ4n) is 2.78. The van der Waals surface area contributed by atoms with Gasteiger partial charge in [-0.25, -0.2) is 0 Å². The van der Waals surface area contributed by atoms with Crippen LogP contribution in [0.15, 0.2) is 36.4 Å². The summed E-state index contributed by atoms with van der Waals surface area (Å²) in [5.74, 6) is 0.234. The lowest BCUT2D eigenvalue weighted by Crippen LogP contribution is -2.10. The van der Waals surface area contributed by atoms with Crippen LogP contribution in [0.4, 0.5) is 0 Å². The van der Waals surface area contributed by atoms with Crippen LogP contribution in [0.3, 0.4) is 0 Å². The number of nitrogens with one attached hydrogen (secondary N) is 1. The molecule has 3 rings (SSSR count). The lowest BCUT2D eigenvalue weighted by molar-refractivity contribution is 0.316. The van der Waals surface area contributed by atoms with Gasteiger partial charge in [-0.15, -0.1) is 0 Å². The Kier molecular flexibility index (Phi) is 4.78. The highest BCUT2D eigenvalue weighted by Gasteiger charge is 2.16. The van der Waals surface area contributed by atoms with E-state index in [9.17, 15) is 0 Å². The van der Waals surface area contributed by atoms with Crippen molar-refractivity contribution in [2.24, 2.45) is 7.05 Å². The second-order valence-electron chi connectivity index (χ2n) is 5.43. The monoisotopic (exact) mass is 361 g/mol. The van der Waals surface area contributed by atoms with Crippen molar-refractivity contribution >= 4 is 40.0 Å². The van der Waals surface area contributed by atoms with Gasteiger partial charge in [-0.2, -0.15) is 5.10 Å². The molecule has 2 aromatic carbocycles. The average molecular weight is 362 g/mol. The zero-order chi connectivity index (χ0) is 17.3. The number of fused-ring (bicyclic) bond motifs is 1. The fourth-order valence-corrected chi connectivity index (χ4v) is 3.29. The van der Waals surface area contributed by atoms with E-state index in [2.05, 4.69) is 5.10 Å². The molecule has 124 valence electrons. The molecule has 0 bridgehead atoms. The largest absolute Gasteiger partial charge is 0.481 e. The quantitative estimate of drug-likeness (QED) is 0.518. The molecule has 3 aromatic rings. The first kappa shape index (κ1) is 16.8. The van der Waals surface area contributed by atoms with Gasteiger partial charge in [-0.05, 0) is 19.1 Å². The molecule has 0 saturated carbocycles. The van der Waals surface area contributed by atoms with Crippen LogP contribution in [0, 0.1) is 5.41 Å². The van der Waals surface area contributed by atoms with E-state index in [0.717, 1.165) is 27.7 Å². The standard InChI is InChI=1S/C18H17Cl2N3O/c1-3-24-17(21)10-16-14-6-4-5-13(18(14)22-23(16)2)12-8-7-11(19)9-15(12)20/h4-9,21H,3,10H2,1-2H3. The van der Waals surface area contributed by atoms with Crippen LogP contribution >= 0.6 is 23.2 Å². The maximum atomic E-state index is 7.91. The van der Waals surface area contributed by atoms with Crippen molar-refractivity contribution in [1.82, 2.24) is 9.78 Å². The highest BCUT2D eigenvalue weighted by molar-refractivity contribution is 6.36. The van der Waals surface area contributed by atoms with Crippen LogP contribution in [-0.2, 0) is 18.2 Å². The third-order valence-corrected chi connectivity index (χ3v) is 4.40. The van der Waals surface area contributed by atoms with E-state index < -0.39 is 0 Å². The average Bonchev–Trinajstić information content (AvgIpc) is 2.84. The number of ether oxygens (including phenoxy) is 1. The van der Waals surface area contributed by atoms with Gasteiger partial charge in [-0.1, -0.05) is 47.5 Å². The second kappa shape index (κ2) is 6.83. The maximum Gasteiger partial charge on any atom is 0.186 e. The van der Waals surface area contributed by atoms with Crippen molar-refractivity contribution in [3.05, 3.63) is 52.1 Å². The third kappa shape index (κ3) is 3.12. The SMILES string of the molecule is CCOC(=N)Cc1c2cccc(-c3ccc(Cl)cc3Cl)c2nn1C. The number of rotatable bonds is 4. The molecule has 1 aromatic heterocycles. The van der Waals surface area contributed by atoms with Crippen molar-refractivity contribution < 1.29 is 4.74 Å². The minimum absolute atomic E-state index is 0.234. The topological polar surface area (TPSA) is 50.9 Å². The number of aromatic nitrogens is 2. The van der Waals surface area contributed by atoms with E-state index >= 15 is 0 Å². The molecule has 0 fully saturated rings. The minimum atomic E-state index is 0.234. The van der Waals surface area contributed by atoms with Crippen LogP contribution in [-0.4, -0.2) is 22.3 Å². The molecule has 0 atom stereocenters. The first-order valence-electron chi connectivity index (χ1n) is 7.61. The number of hydrogen-bond acceptors (Lipinski definition) is 3. The molecular weight excluding hydrogens is 345 g/mol. The van der Waals surface area contributed by atoms with Gasteiger partial charge in [0.2, 0.25) is 0 Å². The molecule has 0 aliphatic carbocycles. The highest BCUT2D eigenvalue weighted by Crippen LogP contribution is 2.35. The van der Waals surface area contributed by atoms with Crippen molar-refractivity contribution in [1.29, 1.82) is 5.41 Å². The summed E-state index contributed by atoms with van der Waals surface area (Å²) in [6, 6.07) is 11.4. The summed E-state index contributed by atoms with van der Waals surface area (Å²) in [5, 5.41) is 14.7. The highest BCUT2D eigenvalue weighted by atomic mass is 35.5. The zero-order valence-electron chi connectivity index (χ0n) is 13.4. The number of halogens is 2. The van der Waals surface area contributed by atoms with Gasteiger partial charge < -0.3 is 4.74 Å². The molecule has 1 N–H and O–H groups in total. The smallest absolute Gasteiger partial charge is 0.186 e. The van der Waals surface area contributed by atoms with Crippen LogP contribution in [0.1, 0.15) is 12.6 Å². The molecule has 0 unspecified atom stereocenters. The Morgan fingerprint density at radius 1 is 1.21 bits per heavy atom. The fraction of sp³-hybridized carbons (Fsp3) is 0.222. The van der Waals surface area contributed by atoms with E-state index in [1.807, 2.05) is 44.3 Å². The molecule has 0 aliphatic rings. The molecule has 0 spiro atoms. The van der Waals surface area contributed by atoms with Crippen LogP contribution in [0.5, 0.6) is 0 Å². The van der Waals surface area contributed by atoms with Crippen molar-refractivity contribution in [2.45, 2.75) is 13.3 Å². The van der Waals surface area contributed by atoms with Crippen LogP contribution in [0.2, 0.25) is 10.0 Å². The molecule has 6 heteroatoms. The van der Waals surface area contributed by atoms with Gasteiger partial charge in [-0.3, -0.25) is 10.1 Å². The van der Waals surface area contributed by atoms with Gasteiger partial charge in [0.1, 0.15) is 5.52 Å². The molecule has 1 heterocycles. The number of aryl methyl sites for hydroxylation is 1. The normalized spacial score (nSPS) is 11.0. The van der Waals surface area contributed by atoms with E-state index in [1.165, 1.54) is 0 Å². The first-order chi connectivity index (χ1) is 11.5. The maximum absolute atomic E-state index is 7.91. The van der Waals surface area contributed by atoms with Crippen molar-refractivity contribution in [3.8, 4) is 11.1 Å². The third-order valence-electron chi connectivity index (χ3n) is 3.86. The van der Waals surface area contributed by atoms with Crippen molar-refractivity contribution in [3.63, 3.8) is 0 Å². The van der Waals surface area contributed by atoms with Gasteiger partial charge in [0.05, 0.1) is 18.7 Å². The minimum Gasteiger partial charge on any atom is -0.481 e. The number of nitrogens with zero attached hydrogens (tertiary/aromatic N) is 2. The van der Waals surface area contributed by atoms with Gasteiger partial charge in [0.15, 0.2) is 5.90 Å². The number of hydrogen-bond donors (Lipinski definition) is 1. The lowest BCUT2D eigenvalue weighted by atomic mass is 10.0. The zero-order valence-corrected chi connectivity index (χ0v) is 14.9. The Bertz CT molecular complexity index is 918. The summed E-state index contributed by atoms with van der Waals surface area (Å²) < 4.78 is 7.07. The molecule has 0 saturated heterocycles. The van der Waals surface area contributed by atoms with Crippen molar-refractivity contribution in [2.75, 3.05) is 6.61 Å². The van der Waals surface area contributed by atoms with Gasteiger partial charge in [0, 0.05) is 33.6 Å². The van der Waals surface area contributed by atoms with E-state index in [4.69, 9.17) is 33.3 Å². The summed E-state index contributed by atoms with van der Waals surface area (Å²) in [7, 11) is 1.88. The lowest BCUT2D eigenvalue weighted by Gasteiger charge is -2.07. The Balaban J connectivity index is 2.13. The Hall–Kier alpha value is -2.04. The summed E-state index contributed by atoms with van der Waals surface area (Å²) in [4.78, 5) is 0. The summed E-state index contributed by atoms with van der Waals surface area (Å²) in [6.45, 7) is 2.36. The molecule has 24 heavy (non-hydrogen) atoms. The predicted molar refractivity (Wildman–Crippen MR) is 99.2 cm³/mol. The molecule has 0 aliphatic heterocycles. The summed E-state index contributed by atoms with van der Waals surface area (Å²) in [5.41, 5.74) is 3.62. The second-order valence-corrected chi connectivity index (χ2v) is 6.27. The van der Waals surface area contributed by atoms with E-state index in [1.54, 1.807) is 10.7 Å². The number of benzene rings is 2. The Labute approximate surface area is 150 Å². The Morgan fingerprint density at radius 3 is 2.71 bits per heavy atom. The molecule has 4 nitrogen and oxygen atoms in total.